The van der Waals surface area contributed by atoms with E-state index >= 15 is 0 Å². The molecule has 1 aromatic carbocycles. The van der Waals surface area contributed by atoms with Gasteiger partial charge in [-0.05, 0) is 47.7 Å². The molecule has 2 N–H and O–H groups in total. The Morgan fingerprint density at radius 3 is 2.28 bits per heavy atom. The third kappa shape index (κ3) is 3.75. The molecule has 0 amide bonds. The van der Waals surface area contributed by atoms with Crippen molar-refractivity contribution in [1.29, 1.82) is 0 Å². The Kier molecular flexibility index (Phi) is 4.43. The molecule has 0 fully saturated rings. The molecule has 5 nitrogen and oxygen atoms in total. The van der Waals surface area contributed by atoms with Crippen LogP contribution in [0.3, 0.4) is 0 Å². The zero-order chi connectivity index (χ0) is 20.6. The molecule has 144 valence electrons. The number of pyridine rings is 1. The van der Waals surface area contributed by atoms with Gasteiger partial charge in [-0.2, -0.15) is 13.2 Å². The first-order valence-electron chi connectivity index (χ1n) is 8.56. The highest BCUT2D eigenvalue weighted by Gasteiger charge is 2.30. The summed E-state index contributed by atoms with van der Waals surface area (Å²) in [7, 11) is 0. The first-order valence-corrected chi connectivity index (χ1v) is 8.56. The molecule has 0 aliphatic rings. The number of nitrogens with zero attached hydrogens (tertiary/aromatic N) is 4. The van der Waals surface area contributed by atoms with Crippen LogP contribution in [0.5, 0.6) is 0 Å². The topological polar surface area (TPSA) is 69.1 Å². The number of rotatable bonds is 1. The molecule has 0 bridgehead atoms. The number of benzene rings is 1. The minimum atomic E-state index is -4.36. The Bertz CT molecular complexity index is 1240. The smallest absolute Gasteiger partial charge is 0.368 e. The molecular formula is C21H14F3N5. The second-order valence-electron chi connectivity index (χ2n) is 6.40. The van der Waals surface area contributed by atoms with E-state index in [9.17, 15) is 13.2 Å². The molecule has 29 heavy (non-hydrogen) atoms. The highest BCUT2D eigenvalue weighted by atomic mass is 19.4. The third-order valence-corrected chi connectivity index (χ3v) is 4.34. The van der Waals surface area contributed by atoms with E-state index < -0.39 is 11.7 Å². The van der Waals surface area contributed by atoms with Crippen LogP contribution in [-0.2, 0) is 6.18 Å². The van der Waals surface area contributed by atoms with E-state index in [4.69, 9.17) is 5.73 Å². The van der Waals surface area contributed by atoms with Gasteiger partial charge in [0.05, 0.1) is 17.3 Å². The molecule has 3 heterocycles. The van der Waals surface area contributed by atoms with Crippen molar-refractivity contribution in [1.82, 2.24) is 19.4 Å². The zero-order valence-electron chi connectivity index (χ0n) is 15.2. The molecule has 0 saturated heterocycles. The number of aromatic nitrogens is 4. The van der Waals surface area contributed by atoms with Crippen molar-refractivity contribution < 1.29 is 13.2 Å². The van der Waals surface area contributed by atoms with Crippen LogP contribution in [0.1, 0.15) is 22.4 Å². The molecular weight excluding hydrogens is 379 g/mol. The maximum atomic E-state index is 12.8. The molecule has 0 aliphatic heterocycles. The quantitative estimate of drug-likeness (QED) is 0.495. The van der Waals surface area contributed by atoms with Gasteiger partial charge in [-0.3, -0.25) is 4.40 Å². The Hall–Kier alpha value is -3.86. The SMILES string of the molecule is Cc1cc(-c2ccc(C(F)(F)F)cc2)cn2c(C#Cc3cnc(N)nc3)cnc12. The summed E-state index contributed by atoms with van der Waals surface area (Å²) in [5, 5.41) is 0. The van der Waals surface area contributed by atoms with Crippen LogP contribution in [0.2, 0.25) is 0 Å². The average Bonchev–Trinajstić information content (AvgIpc) is 3.10. The van der Waals surface area contributed by atoms with E-state index in [1.807, 2.05) is 17.4 Å². The van der Waals surface area contributed by atoms with Gasteiger partial charge in [0.25, 0.3) is 0 Å². The van der Waals surface area contributed by atoms with Crippen molar-refractivity contribution in [2.24, 2.45) is 0 Å². The molecule has 0 radical (unpaired) electrons. The van der Waals surface area contributed by atoms with Crippen molar-refractivity contribution in [3.63, 3.8) is 0 Å². The van der Waals surface area contributed by atoms with Crippen molar-refractivity contribution in [2.75, 3.05) is 5.73 Å². The lowest BCUT2D eigenvalue weighted by Gasteiger charge is -2.09. The van der Waals surface area contributed by atoms with Gasteiger partial charge in [0.1, 0.15) is 11.3 Å². The van der Waals surface area contributed by atoms with E-state index in [1.165, 1.54) is 24.5 Å². The lowest BCUT2D eigenvalue weighted by molar-refractivity contribution is -0.137. The summed E-state index contributed by atoms with van der Waals surface area (Å²) in [4.78, 5) is 12.2. The monoisotopic (exact) mass is 393 g/mol. The number of hydrogen-bond acceptors (Lipinski definition) is 4. The summed E-state index contributed by atoms with van der Waals surface area (Å²) in [5.41, 5.74) is 9.05. The number of anilines is 1. The molecule has 0 spiro atoms. The molecule has 4 rings (SSSR count). The van der Waals surface area contributed by atoms with Crippen LogP contribution in [0.25, 0.3) is 16.8 Å². The molecule has 0 unspecified atom stereocenters. The van der Waals surface area contributed by atoms with Crippen LogP contribution in [0.4, 0.5) is 19.1 Å². The second-order valence-corrected chi connectivity index (χ2v) is 6.40. The van der Waals surface area contributed by atoms with E-state index in [2.05, 4.69) is 26.8 Å². The Morgan fingerprint density at radius 1 is 0.931 bits per heavy atom. The Morgan fingerprint density at radius 2 is 1.62 bits per heavy atom. The summed E-state index contributed by atoms with van der Waals surface area (Å²) < 4.78 is 40.2. The number of fused-ring (bicyclic) bond motifs is 1. The minimum absolute atomic E-state index is 0.169. The standard InChI is InChI=1S/C21H14F3N5/c1-13-8-16(15-3-5-17(6-4-15)21(22,23)24)12-29-18(11-26-19(13)29)7-2-14-9-27-20(25)28-10-14/h3-6,8-12H,1H3,(H2,25,27,28). The number of halogens is 3. The lowest BCUT2D eigenvalue weighted by atomic mass is 10.0. The number of nitrogens with two attached hydrogens (primary N) is 1. The van der Waals surface area contributed by atoms with E-state index in [-0.39, 0.29) is 5.95 Å². The Balaban J connectivity index is 1.75. The minimum Gasteiger partial charge on any atom is -0.368 e. The summed E-state index contributed by atoms with van der Waals surface area (Å²) in [6.45, 7) is 1.89. The lowest BCUT2D eigenvalue weighted by Crippen LogP contribution is -2.04. The van der Waals surface area contributed by atoms with Crippen molar-refractivity contribution in [3.8, 4) is 23.0 Å². The van der Waals surface area contributed by atoms with Crippen molar-refractivity contribution in [3.05, 3.63) is 77.5 Å². The van der Waals surface area contributed by atoms with E-state index in [0.29, 0.717) is 16.8 Å². The van der Waals surface area contributed by atoms with Crippen LogP contribution >= 0.6 is 0 Å². The van der Waals surface area contributed by atoms with Crippen LogP contribution in [0.15, 0.2) is 55.1 Å². The first kappa shape index (κ1) is 18.5. The second kappa shape index (κ2) is 6.95. The molecule has 8 heteroatoms. The molecule has 0 atom stereocenters. The van der Waals surface area contributed by atoms with Crippen LogP contribution in [0, 0.1) is 18.8 Å². The summed E-state index contributed by atoms with van der Waals surface area (Å²) in [5.74, 6) is 6.14. The predicted molar refractivity (Wildman–Crippen MR) is 103 cm³/mol. The van der Waals surface area contributed by atoms with Gasteiger partial charge in [0.15, 0.2) is 0 Å². The van der Waals surface area contributed by atoms with Gasteiger partial charge in [-0.1, -0.05) is 18.1 Å². The largest absolute Gasteiger partial charge is 0.416 e. The fourth-order valence-corrected chi connectivity index (χ4v) is 2.90. The molecule has 4 aromatic rings. The van der Waals surface area contributed by atoms with Crippen molar-refractivity contribution in [2.45, 2.75) is 13.1 Å². The number of alkyl halides is 3. The van der Waals surface area contributed by atoms with Gasteiger partial charge >= 0.3 is 6.18 Å². The maximum absolute atomic E-state index is 12.8. The van der Waals surface area contributed by atoms with Gasteiger partial charge in [-0.15, -0.1) is 0 Å². The highest BCUT2D eigenvalue weighted by molar-refractivity contribution is 5.68. The summed E-state index contributed by atoms with van der Waals surface area (Å²) >= 11 is 0. The first-order chi connectivity index (χ1) is 13.8. The van der Waals surface area contributed by atoms with Crippen LogP contribution in [-0.4, -0.2) is 19.4 Å². The molecule has 3 aromatic heterocycles. The van der Waals surface area contributed by atoms with E-state index in [0.717, 1.165) is 28.9 Å². The van der Waals surface area contributed by atoms with E-state index in [1.54, 1.807) is 12.4 Å². The van der Waals surface area contributed by atoms with Crippen LogP contribution < -0.4 is 5.73 Å². The summed E-state index contributed by atoms with van der Waals surface area (Å²) in [6.07, 6.45) is 2.14. The van der Waals surface area contributed by atoms with Gasteiger partial charge in [-0.25, -0.2) is 15.0 Å². The number of aryl methyl sites for hydroxylation is 1. The molecule has 0 saturated carbocycles. The average molecular weight is 393 g/mol. The van der Waals surface area contributed by atoms with Gasteiger partial charge in [0.2, 0.25) is 5.95 Å². The maximum Gasteiger partial charge on any atom is 0.416 e. The number of imidazole rings is 1. The predicted octanol–water partition coefficient (Wildman–Crippen LogP) is 4.10. The number of nitrogen functional groups attached to an aromatic ring is 1. The van der Waals surface area contributed by atoms with Crippen molar-refractivity contribution >= 4 is 11.6 Å². The van der Waals surface area contributed by atoms with Gasteiger partial charge < -0.3 is 5.73 Å². The highest BCUT2D eigenvalue weighted by Crippen LogP contribution is 2.31. The molecule has 0 aliphatic carbocycles. The zero-order valence-corrected chi connectivity index (χ0v) is 15.2. The van der Waals surface area contributed by atoms with Gasteiger partial charge in [0, 0.05) is 18.6 Å². The third-order valence-electron chi connectivity index (χ3n) is 4.34. The summed E-state index contributed by atoms with van der Waals surface area (Å²) in [6, 6.07) is 6.94. The Labute approximate surface area is 164 Å². The fraction of sp³-hybridized carbons (Fsp3) is 0.0952. The fourth-order valence-electron chi connectivity index (χ4n) is 2.90. The normalized spacial score (nSPS) is 11.3. The number of hydrogen-bond donors (Lipinski definition) is 1.